The van der Waals surface area contributed by atoms with E-state index in [1.165, 1.54) is 36.3 Å². The Kier molecular flexibility index (Phi) is 3.49. The SMILES string of the molecule is Cc1cc(Nc2cc3c4c(c2)C2CNCC2CN4CCC3)ccc1F. The maximum Gasteiger partial charge on any atom is 0.126 e. The molecule has 2 atom stereocenters. The third-order valence-electron chi connectivity index (χ3n) is 6.05. The van der Waals surface area contributed by atoms with Crippen molar-refractivity contribution >= 4 is 17.1 Å². The Labute approximate surface area is 148 Å². The van der Waals surface area contributed by atoms with Gasteiger partial charge in [-0.15, -0.1) is 0 Å². The summed E-state index contributed by atoms with van der Waals surface area (Å²) < 4.78 is 13.5. The first kappa shape index (κ1) is 15.2. The molecule has 0 saturated carbocycles. The van der Waals surface area contributed by atoms with Gasteiger partial charge < -0.3 is 15.5 Å². The Balaban J connectivity index is 1.56. The van der Waals surface area contributed by atoms with Crippen LogP contribution in [0.5, 0.6) is 0 Å². The highest BCUT2D eigenvalue weighted by Gasteiger charge is 2.38. The summed E-state index contributed by atoms with van der Waals surface area (Å²) in [5.41, 5.74) is 7.23. The number of fused-ring (bicyclic) bond motifs is 2. The molecule has 0 aliphatic carbocycles. The number of benzene rings is 2. The second-order valence-corrected chi connectivity index (χ2v) is 7.74. The van der Waals surface area contributed by atoms with Gasteiger partial charge in [0.2, 0.25) is 0 Å². The Morgan fingerprint density at radius 1 is 1.16 bits per heavy atom. The lowest BCUT2D eigenvalue weighted by atomic mass is 9.80. The molecule has 25 heavy (non-hydrogen) atoms. The molecule has 2 unspecified atom stereocenters. The average Bonchev–Trinajstić information content (AvgIpc) is 3.07. The molecule has 2 aromatic carbocycles. The predicted molar refractivity (Wildman–Crippen MR) is 100 cm³/mol. The summed E-state index contributed by atoms with van der Waals surface area (Å²) >= 11 is 0. The lowest BCUT2D eigenvalue weighted by Gasteiger charge is -2.42. The number of nitrogens with one attached hydrogen (secondary N) is 2. The highest BCUT2D eigenvalue weighted by Crippen LogP contribution is 2.46. The van der Waals surface area contributed by atoms with Gasteiger partial charge in [0.25, 0.3) is 0 Å². The van der Waals surface area contributed by atoms with Crippen LogP contribution in [-0.4, -0.2) is 26.2 Å². The predicted octanol–water partition coefficient (Wildman–Crippen LogP) is 3.95. The highest BCUT2D eigenvalue weighted by atomic mass is 19.1. The number of hydrogen-bond acceptors (Lipinski definition) is 3. The maximum absolute atomic E-state index is 13.5. The van der Waals surface area contributed by atoms with Crippen molar-refractivity contribution in [3.63, 3.8) is 0 Å². The minimum absolute atomic E-state index is 0.151. The fraction of sp³-hybridized carbons (Fsp3) is 0.429. The van der Waals surface area contributed by atoms with Crippen LogP contribution in [0.1, 0.15) is 29.0 Å². The highest BCUT2D eigenvalue weighted by molar-refractivity contribution is 5.73. The smallest absolute Gasteiger partial charge is 0.126 e. The molecule has 130 valence electrons. The van der Waals surface area contributed by atoms with Crippen LogP contribution < -0.4 is 15.5 Å². The quantitative estimate of drug-likeness (QED) is 0.869. The van der Waals surface area contributed by atoms with Gasteiger partial charge in [0.15, 0.2) is 0 Å². The zero-order valence-electron chi connectivity index (χ0n) is 14.6. The lowest BCUT2D eigenvalue weighted by Crippen LogP contribution is -2.41. The second-order valence-electron chi connectivity index (χ2n) is 7.74. The number of rotatable bonds is 2. The molecule has 3 heterocycles. The summed E-state index contributed by atoms with van der Waals surface area (Å²) in [5, 5.41) is 7.09. The van der Waals surface area contributed by atoms with E-state index >= 15 is 0 Å². The Morgan fingerprint density at radius 3 is 2.96 bits per heavy atom. The van der Waals surface area contributed by atoms with E-state index in [-0.39, 0.29) is 5.82 Å². The summed E-state index contributed by atoms with van der Waals surface area (Å²) in [5.74, 6) is 1.20. The van der Waals surface area contributed by atoms with Gasteiger partial charge in [0, 0.05) is 49.2 Å². The molecule has 5 rings (SSSR count). The number of halogens is 1. The van der Waals surface area contributed by atoms with Crippen LogP contribution in [0.4, 0.5) is 21.5 Å². The molecule has 2 aromatic rings. The zero-order chi connectivity index (χ0) is 17.0. The van der Waals surface area contributed by atoms with Gasteiger partial charge in [-0.2, -0.15) is 0 Å². The van der Waals surface area contributed by atoms with Gasteiger partial charge in [-0.3, -0.25) is 0 Å². The van der Waals surface area contributed by atoms with Gasteiger partial charge in [-0.1, -0.05) is 0 Å². The first-order valence-corrected chi connectivity index (χ1v) is 9.35. The van der Waals surface area contributed by atoms with Crippen molar-refractivity contribution < 1.29 is 4.39 Å². The monoisotopic (exact) mass is 337 g/mol. The molecule has 0 radical (unpaired) electrons. The van der Waals surface area contributed by atoms with Crippen molar-refractivity contribution in [3.8, 4) is 0 Å². The van der Waals surface area contributed by atoms with Crippen LogP contribution in [0.3, 0.4) is 0 Å². The van der Waals surface area contributed by atoms with Crippen LogP contribution >= 0.6 is 0 Å². The van der Waals surface area contributed by atoms with E-state index in [4.69, 9.17) is 0 Å². The molecule has 3 aliphatic rings. The molecule has 0 bridgehead atoms. The summed E-state index contributed by atoms with van der Waals surface area (Å²) in [4.78, 5) is 2.61. The number of nitrogens with zero attached hydrogens (tertiary/aromatic N) is 1. The fourth-order valence-electron chi connectivity index (χ4n) is 4.87. The number of hydrogen-bond donors (Lipinski definition) is 2. The Hall–Kier alpha value is -2.07. The average molecular weight is 337 g/mol. The number of aryl methyl sites for hydroxylation is 2. The molecule has 0 aromatic heterocycles. The molecule has 0 spiro atoms. The van der Waals surface area contributed by atoms with Gasteiger partial charge in [0.05, 0.1) is 0 Å². The summed E-state index contributed by atoms with van der Waals surface area (Å²) in [6, 6.07) is 9.87. The van der Waals surface area contributed by atoms with Crippen LogP contribution in [0.25, 0.3) is 0 Å². The van der Waals surface area contributed by atoms with Crippen LogP contribution in [0.15, 0.2) is 30.3 Å². The lowest BCUT2D eigenvalue weighted by molar-refractivity contribution is 0.470. The van der Waals surface area contributed by atoms with Crippen molar-refractivity contribution in [1.82, 2.24) is 5.32 Å². The third-order valence-corrected chi connectivity index (χ3v) is 6.05. The minimum atomic E-state index is -0.151. The van der Waals surface area contributed by atoms with Crippen LogP contribution in [-0.2, 0) is 6.42 Å². The minimum Gasteiger partial charge on any atom is -0.371 e. The molecule has 1 fully saturated rings. The normalized spacial score (nSPS) is 24.0. The van der Waals surface area contributed by atoms with Crippen LogP contribution in [0, 0.1) is 18.7 Å². The van der Waals surface area contributed by atoms with Crippen molar-refractivity contribution in [2.45, 2.75) is 25.7 Å². The maximum atomic E-state index is 13.5. The van der Waals surface area contributed by atoms with E-state index in [0.717, 1.165) is 36.8 Å². The Morgan fingerprint density at radius 2 is 2.08 bits per heavy atom. The van der Waals surface area contributed by atoms with E-state index in [9.17, 15) is 4.39 Å². The van der Waals surface area contributed by atoms with Crippen molar-refractivity contribution in [2.75, 3.05) is 36.4 Å². The molecule has 4 heteroatoms. The summed E-state index contributed by atoms with van der Waals surface area (Å²) in [6.07, 6.45) is 2.39. The molecular weight excluding hydrogens is 313 g/mol. The molecule has 2 N–H and O–H groups in total. The molecule has 0 amide bonds. The molecule has 3 aliphatic heterocycles. The van der Waals surface area contributed by atoms with E-state index < -0.39 is 0 Å². The summed E-state index contributed by atoms with van der Waals surface area (Å²) in [6.45, 7) is 6.41. The van der Waals surface area contributed by atoms with E-state index in [2.05, 4.69) is 27.7 Å². The van der Waals surface area contributed by atoms with Crippen molar-refractivity contribution in [3.05, 3.63) is 52.8 Å². The molecule has 3 nitrogen and oxygen atoms in total. The zero-order valence-corrected chi connectivity index (χ0v) is 14.6. The third kappa shape index (κ3) is 2.51. The van der Waals surface area contributed by atoms with Gasteiger partial charge in [-0.05, 0) is 72.7 Å². The van der Waals surface area contributed by atoms with Gasteiger partial charge >= 0.3 is 0 Å². The molecular formula is C21H24FN3. The van der Waals surface area contributed by atoms with Crippen LogP contribution in [0.2, 0.25) is 0 Å². The fourth-order valence-corrected chi connectivity index (χ4v) is 4.87. The van der Waals surface area contributed by atoms with Crippen molar-refractivity contribution in [2.24, 2.45) is 5.92 Å². The van der Waals surface area contributed by atoms with Gasteiger partial charge in [0.1, 0.15) is 5.82 Å². The van der Waals surface area contributed by atoms with E-state index in [0.29, 0.717) is 11.5 Å². The summed E-state index contributed by atoms with van der Waals surface area (Å²) in [7, 11) is 0. The largest absolute Gasteiger partial charge is 0.371 e. The standard InChI is InChI=1S/C21H24FN3/c1-13-7-16(4-5-20(13)22)24-17-8-14-3-2-6-25-12-15-10-23-11-19(15)18(9-17)21(14)25/h4-5,7-9,15,19,23-24H,2-3,6,10-12H2,1H3. The molecule has 1 saturated heterocycles. The van der Waals surface area contributed by atoms with E-state index in [1.54, 1.807) is 6.07 Å². The Bertz CT molecular complexity index is 832. The first-order valence-electron chi connectivity index (χ1n) is 9.35. The number of anilines is 3. The van der Waals surface area contributed by atoms with Crippen molar-refractivity contribution in [1.29, 1.82) is 0 Å². The topological polar surface area (TPSA) is 27.3 Å². The first-order chi connectivity index (χ1) is 12.2. The van der Waals surface area contributed by atoms with Gasteiger partial charge in [-0.25, -0.2) is 4.39 Å². The second kappa shape index (κ2) is 5.73. The van der Waals surface area contributed by atoms with E-state index in [1.807, 2.05) is 19.1 Å².